The van der Waals surface area contributed by atoms with Crippen LogP contribution in [-0.4, -0.2) is 63.7 Å². The van der Waals surface area contributed by atoms with E-state index in [2.05, 4.69) is 10.3 Å². The zero-order chi connectivity index (χ0) is 26.0. The molecule has 4 rings (SSSR count). The SMILES string of the molecule is Cc1cc(N(C)CCN(C)C)c([N+](=O)[O-])cc1Nc1nccc(-c2c(CO)n(C)c3ccccc23)n1. The summed E-state index contributed by atoms with van der Waals surface area (Å²) in [6.07, 6.45) is 1.64. The summed E-state index contributed by atoms with van der Waals surface area (Å²) in [6.45, 7) is 3.19. The number of nitrogens with one attached hydrogen (secondary N) is 1. The van der Waals surface area contributed by atoms with Gasteiger partial charge in [0.2, 0.25) is 5.95 Å². The third kappa shape index (κ3) is 4.86. The van der Waals surface area contributed by atoms with Gasteiger partial charge in [0.15, 0.2) is 0 Å². The zero-order valence-electron chi connectivity index (χ0n) is 21.2. The van der Waals surface area contributed by atoms with E-state index in [1.807, 2.05) is 79.8 Å². The summed E-state index contributed by atoms with van der Waals surface area (Å²) >= 11 is 0. The van der Waals surface area contributed by atoms with Gasteiger partial charge >= 0.3 is 0 Å². The Morgan fingerprint density at radius 1 is 1.14 bits per heavy atom. The van der Waals surface area contributed by atoms with Gasteiger partial charge in [0.1, 0.15) is 5.69 Å². The van der Waals surface area contributed by atoms with Crippen molar-refractivity contribution in [2.24, 2.45) is 7.05 Å². The van der Waals surface area contributed by atoms with E-state index in [9.17, 15) is 15.2 Å². The molecule has 0 fully saturated rings. The Morgan fingerprint density at radius 3 is 2.58 bits per heavy atom. The first-order valence-electron chi connectivity index (χ1n) is 11.6. The van der Waals surface area contributed by atoms with Crippen molar-refractivity contribution in [3.63, 3.8) is 0 Å². The number of para-hydroxylation sites is 1. The van der Waals surface area contributed by atoms with Crippen LogP contribution in [0.3, 0.4) is 0 Å². The van der Waals surface area contributed by atoms with E-state index in [-0.39, 0.29) is 17.2 Å². The van der Waals surface area contributed by atoms with Crippen LogP contribution in [0.15, 0.2) is 48.7 Å². The third-order valence-electron chi connectivity index (χ3n) is 6.35. The molecule has 0 aliphatic rings. The Kier molecular flexibility index (Phi) is 7.18. The number of hydrogen-bond acceptors (Lipinski definition) is 8. The molecule has 4 aromatic rings. The molecule has 36 heavy (non-hydrogen) atoms. The van der Waals surface area contributed by atoms with Crippen LogP contribution in [-0.2, 0) is 13.7 Å². The van der Waals surface area contributed by atoms with Crippen LogP contribution >= 0.6 is 0 Å². The standard InChI is InChI=1S/C26H31N7O3/c1-17-14-22(31(4)13-12-30(2)3)23(33(35)36)15-20(17)29-26-27-11-10-19(28-26)25-18-8-6-7-9-21(18)32(5)24(25)16-34/h6-11,14-15,34H,12-13,16H2,1-5H3,(H,27,28,29). The Bertz CT molecular complexity index is 1410. The molecule has 0 spiro atoms. The molecule has 0 aliphatic carbocycles. The number of nitrogens with zero attached hydrogens (tertiary/aromatic N) is 6. The molecule has 0 aliphatic heterocycles. The molecule has 0 atom stereocenters. The molecule has 2 N–H and O–H groups in total. The summed E-state index contributed by atoms with van der Waals surface area (Å²) in [5.74, 6) is 0.315. The number of benzene rings is 2. The molecule has 0 amide bonds. The molecule has 2 aromatic heterocycles. The number of aryl methyl sites for hydroxylation is 2. The van der Waals surface area contributed by atoms with Crippen molar-refractivity contribution in [1.29, 1.82) is 0 Å². The maximum absolute atomic E-state index is 11.9. The normalized spacial score (nSPS) is 11.3. The van der Waals surface area contributed by atoms with Crippen molar-refractivity contribution in [1.82, 2.24) is 19.4 Å². The quantitative estimate of drug-likeness (QED) is 0.267. The fourth-order valence-corrected chi connectivity index (χ4v) is 4.33. The lowest BCUT2D eigenvalue weighted by Crippen LogP contribution is -2.29. The van der Waals surface area contributed by atoms with Crippen LogP contribution in [0.4, 0.5) is 23.0 Å². The van der Waals surface area contributed by atoms with E-state index in [0.29, 0.717) is 29.6 Å². The molecular weight excluding hydrogens is 458 g/mol. The Morgan fingerprint density at radius 2 is 1.89 bits per heavy atom. The predicted molar refractivity (Wildman–Crippen MR) is 143 cm³/mol. The van der Waals surface area contributed by atoms with Gasteiger partial charge < -0.3 is 24.8 Å². The highest BCUT2D eigenvalue weighted by atomic mass is 16.6. The van der Waals surface area contributed by atoms with E-state index < -0.39 is 0 Å². The van der Waals surface area contributed by atoms with Crippen LogP contribution < -0.4 is 10.2 Å². The fourth-order valence-electron chi connectivity index (χ4n) is 4.33. The lowest BCUT2D eigenvalue weighted by molar-refractivity contribution is -0.384. The van der Waals surface area contributed by atoms with Gasteiger partial charge in [0.05, 0.1) is 28.6 Å². The maximum atomic E-state index is 11.9. The summed E-state index contributed by atoms with van der Waals surface area (Å²) in [5.41, 5.74) is 5.19. The van der Waals surface area contributed by atoms with Crippen molar-refractivity contribution < 1.29 is 10.0 Å². The highest BCUT2D eigenvalue weighted by molar-refractivity contribution is 5.97. The molecule has 10 heteroatoms. The van der Waals surface area contributed by atoms with Gasteiger partial charge in [-0.05, 0) is 44.8 Å². The smallest absolute Gasteiger partial charge is 0.294 e. The zero-order valence-corrected chi connectivity index (χ0v) is 21.2. The first-order valence-corrected chi connectivity index (χ1v) is 11.6. The largest absolute Gasteiger partial charge is 0.390 e. The van der Waals surface area contributed by atoms with Gasteiger partial charge in [-0.3, -0.25) is 10.1 Å². The van der Waals surface area contributed by atoms with E-state index in [1.54, 1.807) is 12.3 Å². The lowest BCUT2D eigenvalue weighted by Gasteiger charge is -2.22. The highest BCUT2D eigenvalue weighted by Crippen LogP contribution is 2.36. The number of aromatic nitrogens is 3. The summed E-state index contributed by atoms with van der Waals surface area (Å²) in [6, 6.07) is 13.0. The van der Waals surface area contributed by atoms with Crippen LogP contribution in [0.1, 0.15) is 11.3 Å². The summed E-state index contributed by atoms with van der Waals surface area (Å²) in [5, 5.41) is 26.1. The number of hydrogen-bond donors (Lipinski definition) is 2. The minimum atomic E-state index is -0.368. The van der Waals surface area contributed by atoms with Gasteiger partial charge in [0, 0.05) is 55.9 Å². The van der Waals surface area contributed by atoms with Crippen LogP contribution in [0, 0.1) is 17.0 Å². The summed E-state index contributed by atoms with van der Waals surface area (Å²) in [7, 11) is 7.71. The second kappa shape index (κ2) is 10.3. The van der Waals surface area contributed by atoms with E-state index in [4.69, 9.17) is 4.98 Å². The molecule has 0 saturated carbocycles. The first-order chi connectivity index (χ1) is 17.2. The number of anilines is 3. The number of likely N-dealkylation sites (N-methyl/N-ethyl adjacent to an activating group) is 2. The summed E-state index contributed by atoms with van der Waals surface area (Å²) in [4.78, 5) is 24.5. The summed E-state index contributed by atoms with van der Waals surface area (Å²) < 4.78 is 1.96. The monoisotopic (exact) mass is 489 g/mol. The second-order valence-electron chi connectivity index (χ2n) is 9.08. The average Bonchev–Trinajstić information content (AvgIpc) is 3.15. The predicted octanol–water partition coefficient (Wildman–Crippen LogP) is 4.09. The fraction of sp³-hybridized carbons (Fsp3) is 0.308. The maximum Gasteiger partial charge on any atom is 0.294 e. The minimum Gasteiger partial charge on any atom is -0.390 e. The molecule has 0 saturated heterocycles. The topological polar surface area (TPSA) is 113 Å². The van der Waals surface area contributed by atoms with Gasteiger partial charge in [-0.1, -0.05) is 18.2 Å². The van der Waals surface area contributed by atoms with Crippen LogP contribution in [0.5, 0.6) is 0 Å². The Hall–Kier alpha value is -4.02. The Balaban J connectivity index is 1.71. The highest BCUT2D eigenvalue weighted by Gasteiger charge is 2.21. The van der Waals surface area contributed by atoms with Gasteiger partial charge in [0.25, 0.3) is 5.69 Å². The van der Waals surface area contributed by atoms with Crippen molar-refractivity contribution >= 4 is 33.9 Å². The van der Waals surface area contributed by atoms with Gasteiger partial charge in [-0.15, -0.1) is 0 Å². The molecule has 0 bridgehead atoms. The lowest BCUT2D eigenvalue weighted by atomic mass is 10.1. The molecular formula is C26H31N7O3. The number of rotatable bonds is 9. The van der Waals surface area contributed by atoms with Crippen molar-refractivity contribution in [3.05, 3.63) is 70.0 Å². The van der Waals surface area contributed by atoms with Crippen molar-refractivity contribution in [2.45, 2.75) is 13.5 Å². The van der Waals surface area contributed by atoms with Crippen molar-refractivity contribution in [2.75, 3.05) is 44.4 Å². The molecule has 2 heterocycles. The molecule has 0 radical (unpaired) electrons. The van der Waals surface area contributed by atoms with Crippen molar-refractivity contribution in [3.8, 4) is 11.3 Å². The molecule has 188 valence electrons. The van der Waals surface area contributed by atoms with Crippen LogP contribution in [0.2, 0.25) is 0 Å². The molecule has 2 aromatic carbocycles. The number of nitro benzene ring substituents is 1. The van der Waals surface area contributed by atoms with Gasteiger partial charge in [-0.25, -0.2) is 9.97 Å². The van der Waals surface area contributed by atoms with E-state index in [1.165, 1.54) is 6.07 Å². The van der Waals surface area contributed by atoms with E-state index >= 15 is 0 Å². The second-order valence-corrected chi connectivity index (χ2v) is 9.08. The third-order valence-corrected chi connectivity index (χ3v) is 6.35. The minimum absolute atomic E-state index is 0.0112. The van der Waals surface area contributed by atoms with Gasteiger partial charge in [-0.2, -0.15) is 0 Å². The Labute approximate surface area is 210 Å². The number of fused-ring (bicyclic) bond motifs is 1. The first kappa shape index (κ1) is 25.1. The average molecular weight is 490 g/mol. The number of aliphatic hydroxyl groups excluding tert-OH is 1. The van der Waals surface area contributed by atoms with E-state index in [0.717, 1.165) is 34.3 Å². The van der Waals surface area contributed by atoms with Crippen LogP contribution in [0.25, 0.3) is 22.2 Å². The number of nitro groups is 1. The number of aliphatic hydroxyl groups is 1. The molecule has 10 nitrogen and oxygen atoms in total. The molecule has 0 unspecified atom stereocenters.